The van der Waals surface area contributed by atoms with Crippen molar-refractivity contribution in [2.24, 2.45) is 40.4 Å². The van der Waals surface area contributed by atoms with Crippen molar-refractivity contribution in [3.8, 4) is 0 Å². The largest absolute Gasteiger partial charge is 0.397 e. The first-order valence-electron chi connectivity index (χ1n) is 29.3. The number of fused-ring (bicyclic) bond motifs is 5. The Bertz CT molecular complexity index is 2370. The van der Waals surface area contributed by atoms with Crippen LogP contribution in [0.25, 0.3) is 0 Å². The average Bonchev–Trinajstić information content (AvgIpc) is 1.90. The summed E-state index contributed by atoms with van der Waals surface area (Å²) in [7, 11) is -4.87. The Morgan fingerprint density at radius 1 is 0.639 bits per heavy atom. The molecule has 0 aromatic rings. The first kappa shape index (κ1) is 65.8. The van der Waals surface area contributed by atoms with Crippen LogP contribution < -0.4 is 0 Å². The van der Waals surface area contributed by atoms with Crippen molar-refractivity contribution < 1.29 is 131 Å². The third-order valence-electron chi connectivity index (χ3n) is 19.9. The van der Waals surface area contributed by atoms with Gasteiger partial charge in [-0.1, -0.05) is 39.3 Å². The van der Waals surface area contributed by atoms with Crippen molar-refractivity contribution in [3.05, 3.63) is 11.6 Å². The lowest BCUT2D eigenvalue weighted by atomic mass is 9.47. The minimum absolute atomic E-state index is 0.00824. The molecule has 4 aliphatic carbocycles. The van der Waals surface area contributed by atoms with Crippen molar-refractivity contribution in [3.63, 3.8) is 0 Å². The molecule has 0 spiro atoms. The highest BCUT2D eigenvalue weighted by Gasteiger charge is 2.64. The Morgan fingerprint density at radius 3 is 1.76 bits per heavy atom. The maximum Gasteiger partial charge on any atom is 0.397 e. The molecule has 9 aliphatic rings. The van der Waals surface area contributed by atoms with Gasteiger partial charge in [0.1, 0.15) is 97.3 Å². The number of aliphatic hydroxyl groups is 12. The molecule has 32 atom stereocenters. The van der Waals surface area contributed by atoms with Gasteiger partial charge >= 0.3 is 10.4 Å². The Labute approximate surface area is 482 Å². The van der Waals surface area contributed by atoms with E-state index < -0.39 is 199 Å². The van der Waals surface area contributed by atoms with E-state index in [4.69, 9.17) is 51.6 Å². The van der Waals surface area contributed by atoms with Crippen molar-refractivity contribution in [1.82, 2.24) is 0 Å². The first-order chi connectivity index (χ1) is 38.7. The van der Waals surface area contributed by atoms with Gasteiger partial charge in [-0.25, -0.2) is 4.18 Å². The zero-order valence-electron chi connectivity index (χ0n) is 48.1. The number of aliphatic hydroxyl groups excluding tert-OH is 11. The van der Waals surface area contributed by atoms with Crippen LogP contribution in [0.3, 0.4) is 0 Å². The van der Waals surface area contributed by atoms with Crippen LogP contribution >= 0.6 is 0 Å². The third-order valence-corrected chi connectivity index (χ3v) is 20.4. The van der Waals surface area contributed by atoms with Crippen LogP contribution in [-0.2, 0) is 66.7 Å². The van der Waals surface area contributed by atoms with Gasteiger partial charge in [-0.05, 0) is 113 Å². The summed E-state index contributed by atoms with van der Waals surface area (Å²) in [6, 6.07) is 0. The van der Waals surface area contributed by atoms with Crippen LogP contribution in [-0.4, -0.2) is 252 Å². The van der Waals surface area contributed by atoms with Crippen LogP contribution in [0.15, 0.2) is 11.6 Å². The summed E-state index contributed by atoms with van der Waals surface area (Å²) in [5.41, 5.74) is -1.21. The number of ketones is 1. The van der Waals surface area contributed by atoms with Gasteiger partial charge in [0.2, 0.25) is 0 Å². The highest BCUT2D eigenvalue weighted by Crippen LogP contribution is 2.67. The molecular weight excluding hydrogens is 1120 g/mol. The predicted molar refractivity (Wildman–Crippen MR) is 280 cm³/mol. The van der Waals surface area contributed by atoms with Gasteiger partial charge in [0.05, 0.1) is 49.3 Å². The molecule has 28 heteroatoms. The molecule has 0 amide bonds. The van der Waals surface area contributed by atoms with E-state index in [9.17, 15) is 79.0 Å². The highest BCUT2D eigenvalue weighted by atomic mass is 32.3. The number of rotatable bonds is 17. The Hall–Kier alpha value is -1.60. The standard InChI is InChI=1S/C55H90O27S/c1-21(2)15-25(56)18-55(8,68)34-10-9-28-27-17-32(30-16-26(82-83(69,70)71)11-13-53(30,6)29(27)12-14-54(28,34)7)77-50-44(67)45(37(60)24(5)76-50)79-52-47(81-49-43(66)41(64)36(59)23(4)75-49)39(62)33(20-73-52)78-51-46(38(61)31(57)19-72-51)80-48-42(65)40(63)35(58)22(3)74-48/h12,21-24,26-28,30-52,57-68H,9-11,13-20H2,1-8H3,(H,69,70,71)/t22?,23?,24?,26-,27?,28?,30?,31?,32-,33?,34-,35?,36?,37?,38?,39?,40?,41?,42?,43?,44?,45?,46?,47?,48?,49?,50?,51?,52?,53+,54-,55?/m0/s1. The van der Waals surface area contributed by atoms with Crippen molar-refractivity contribution in [2.45, 2.75) is 272 Å². The second-order valence-electron chi connectivity index (χ2n) is 26.2. The van der Waals surface area contributed by atoms with E-state index in [0.29, 0.717) is 32.1 Å². The zero-order valence-corrected chi connectivity index (χ0v) is 48.9. The molecule has 27 nitrogen and oxygen atoms in total. The molecule has 83 heavy (non-hydrogen) atoms. The van der Waals surface area contributed by atoms with E-state index in [0.717, 1.165) is 12.0 Å². The van der Waals surface area contributed by atoms with Crippen molar-refractivity contribution >= 4 is 16.2 Å². The fourth-order valence-corrected chi connectivity index (χ4v) is 16.0. The van der Waals surface area contributed by atoms with Crippen molar-refractivity contribution in [2.75, 3.05) is 13.2 Å². The van der Waals surface area contributed by atoms with Gasteiger partial charge in [0.25, 0.3) is 0 Å². The van der Waals surface area contributed by atoms with E-state index >= 15 is 0 Å². The smallest absolute Gasteiger partial charge is 0.389 e. The van der Waals surface area contributed by atoms with Gasteiger partial charge in [0.15, 0.2) is 31.5 Å². The molecule has 5 heterocycles. The Balaban J connectivity index is 0.972. The number of carbonyl (C=O) groups is 1. The molecule has 0 radical (unpaired) electrons. The molecule has 0 aromatic heterocycles. The molecule has 9 rings (SSSR count). The zero-order chi connectivity index (χ0) is 60.7. The number of Topliss-reactive ketones (excluding diaryl/α,β-unsaturated/α-hetero) is 1. The molecule has 8 fully saturated rings. The first-order valence-corrected chi connectivity index (χ1v) is 30.7. The fraction of sp³-hybridized carbons (Fsp3) is 0.945. The predicted octanol–water partition coefficient (Wildman–Crippen LogP) is -2.04. The minimum Gasteiger partial charge on any atom is -0.389 e. The lowest BCUT2D eigenvalue weighted by Crippen LogP contribution is -2.66. The minimum atomic E-state index is -4.87. The lowest BCUT2D eigenvalue weighted by Gasteiger charge is -2.60. The summed E-state index contributed by atoms with van der Waals surface area (Å²) in [5.74, 6) is -0.731. The average molecular weight is 1220 g/mol. The molecule has 478 valence electrons. The molecule has 5 saturated heterocycles. The Kier molecular flexibility index (Phi) is 20.1. The van der Waals surface area contributed by atoms with Crippen LogP contribution in [0.2, 0.25) is 0 Å². The number of ether oxygens (including phenoxy) is 10. The second-order valence-corrected chi connectivity index (χ2v) is 27.3. The van der Waals surface area contributed by atoms with E-state index in [1.54, 1.807) is 6.92 Å². The van der Waals surface area contributed by atoms with Gasteiger partial charge in [-0.2, -0.15) is 8.42 Å². The molecular formula is C55H90O27S. The summed E-state index contributed by atoms with van der Waals surface area (Å²) >= 11 is 0. The SMILES string of the molecule is CC(C)CC(=O)CC(C)(O)[C@H]1CCC2C3C[C@H](OC4OC(C)C(O)C(OC5OCC(OC6OCC(O)C(O)C6OC6OC(C)C(O)C(O)C6O)C(O)C5OC5OC(C)C(O)C(O)C5O)C4O)C4C[C@@H](OS(=O)(=O)O)CC[C@]4(C)C3=CC[C@@]21C. The highest BCUT2D eigenvalue weighted by molar-refractivity contribution is 7.80. The molecule has 13 N–H and O–H groups in total. The second kappa shape index (κ2) is 25.4. The Morgan fingerprint density at radius 2 is 1.17 bits per heavy atom. The summed E-state index contributed by atoms with van der Waals surface area (Å²) in [6.07, 6.45) is -33.9. The van der Waals surface area contributed by atoms with Crippen molar-refractivity contribution in [1.29, 1.82) is 0 Å². The summed E-state index contributed by atoms with van der Waals surface area (Å²) in [6.45, 7) is 13.1. The van der Waals surface area contributed by atoms with Crippen LogP contribution in [0.4, 0.5) is 0 Å². The summed E-state index contributed by atoms with van der Waals surface area (Å²) in [5, 5.41) is 134. The maximum atomic E-state index is 13.2. The molecule has 27 unspecified atom stereocenters. The summed E-state index contributed by atoms with van der Waals surface area (Å²) in [4.78, 5) is 13.2. The molecule has 0 aromatic carbocycles. The number of hydrogen-bond donors (Lipinski definition) is 13. The molecule has 3 saturated carbocycles. The van der Waals surface area contributed by atoms with Gasteiger partial charge in [-0.15, -0.1) is 0 Å². The fourth-order valence-electron chi connectivity index (χ4n) is 15.5. The van der Waals surface area contributed by atoms with E-state index in [-0.39, 0.29) is 48.7 Å². The van der Waals surface area contributed by atoms with Gasteiger partial charge < -0.3 is 109 Å². The molecule has 0 bridgehead atoms. The summed E-state index contributed by atoms with van der Waals surface area (Å²) < 4.78 is 100. The monoisotopic (exact) mass is 1210 g/mol. The van der Waals surface area contributed by atoms with Gasteiger partial charge in [-0.3, -0.25) is 9.35 Å². The third kappa shape index (κ3) is 13.2. The number of allylic oxidation sites excluding steroid dienone is 2. The van der Waals surface area contributed by atoms with E-state index in [1.807, 2.05) is 13.8 Å². The molecule has 5 aliphatic heterocycles. The normalized spacial score (nSPS) is 51.3. The van der Waals surface area contributed by atoms with Crippen LogP contribution in [0, 0.1) is 40.4 Å². The van der Waals surface area contributed by atoms with Gasteiger partial charge in [0, 0.05) is 12.8 Å². The topological polar surface area (TPSA) is 416 Å². The quantitative estimate of drug-likeness (QED) is 0.0551. The van der Waals surface area contributed by atoms with E-state index in [1.165, 1.54) is 20.8 Å². The number of hydrogen-bond acceptors (Lipinski definition) is 26. The van der Waals surface area contributed by atoms with Crippen LogP contribution in [0.1, 0.15) is 113 Å². The van der Waals surface area contributed by atoms with Crippen LogP contribution in [0.5, 0.6) is 0 Å². The maximum absolute atomic E-state index is 13.2. The number of carbonyl (C=O) groups excluding carboxylic acids is 1. The lowest BCUT2D eigenvalue weighted by molar-refractivity contribution is -0.394. The van der Waals surface area contributed by atoms with E-state index in [2.05, 4.69) is 19.9 Å².